The highest BCUT2D eigenvalue weighted by Crippen LogP contribution is 2.27. The molecule has 0 atom stereocenters. The molecule has 0 saturated heterocycles. The van der Waals surface area contributed by atoms with Crippen molar-refractivity contribution in [2.24, 2.45) is 0 Å². The maximum Gasteiger partial charge on any atom is 0.138 e. The summed E-state index contributed by atoms with van der Waals surface area (Å²) in [6.45, 7) is 7.52. The molecule has 0 aliphatic carbocycles. The average Bonchev–Trinajstić information content (AvgIpc) is 2.63. The third kappa shape index (κ3) is 4.80. The summed E-state index contributed by atoms with van der Waals surface area (Å²) >= 11 is 6.41. The summed E-state index contributed by atoms with van der Waals surface area (Å²) in [6.07, 6.45) is 0. The average molecular weight is 366 g/mol. The number of halogens is 1. The molecule has 0 amide bonds. The molecule has 3 heteroatoms. The second-order valence-corrected chi connectivity index (χ2v) is 7.12. The molecule has 0 bridgehead atoms. The van der Waals surface area contributed by atoms with E-state index >= 15 is 0 Å². The molecule has 0 aliphatic heterocycles. The zero-order valence-electron chi connectivity index (χ0n) is 15.5. The highest BCUT2D eigenvalue weighted by atomic mass is 35.5. The van der Waals surface area contributed by atoms with Gasteiger partial charge in [0.2, 0.25) is 0 Å². The van der Waals surface area contributed by atoms with E-state index in [0.29, 0.717) is 17.4 Å². The molecule has 3 aromatic carbocycles. The van der Waals surface area contributed by atoms with E-state index in [1.165, 1.54) is 16.7 Å². The van der Waals surface area contributed by atoms with E-state index in [4.69, 9.17) is 16.3 Å². The molecule has 3 rings (SSSR count). The van der Waals surface area contributed by atoms with E-state index in [1.807, 2.05) is 12.1 Å². The van der Waals surface area contributed by atoms with E-state index in [9.17, 15) is 0 Å². The van der Waals surface area contributed by atoms with Gasteiger partial charge < -0.3 is 10.1 Å². The van der Waals surface area contributed by atoms with Crippen LogP contribution in [0.5, 0.6) is 5.75 Å². The van der Waals surface area contributed by atoms with Crippen LogP contribution in [0.25, 0.3) is 0 Å². The molecule has 26 heavy (non-hydrogen) atoms. The molecule has 0 unspecified atom stereocenters. The predicted molar refractivity (Wildman–Crippen MR) is 110 cm³/mol. The fraction of sp³-hybridized carbons (Fsp3) is 0.217. The first-order valence-corrected chi connectivity index (χ1v) is 9.17. The monoisotopic (exact) mass is 365 g/mol. The van der Waals surface area contributed by atoms with Crippen LogP contribution in [0.2, 0.25) is 5.02 Å². The van der Waals surface area contributed by atoms with Crippen molar-refractivity contribution >= 4 is 17.3 Å². The van der Waals surface area contributed by atoms with Gasteiger partial charge in [0.1, 0.15) is 12.4 Å². The zero-order valence-corrected chi connectivity index (χ0v) is 16.2. The van der Waals surface area contributed by atoms with E-state index in [1.54, 1.807) is 0 Å². The summed E-state index contributed by atoms with van der Waals surface area (Å²) in [5, 5.41) is 4.12. The number of anilines is 1. The van der Waals surface area contributed by atoms with Gasteiger partial charge in [-0.05, 0) is 61.2 Å². The van der Waals surface area contributed by atoms with Gasteiger partial charge >= 0.3 is 0 Å². The Kier molecular flexibility index (Phi) is 5.85. The smallest absolute Gasteiger partial charge is 0.138 e. The van der Waals surface area contributed by atoms with Gasteiger partial charge in [-0.1, -0.05) is 59.6 Å². The van der Waals surface area contributed by atoms with Gasteiger partial charge in [0.15, 0.2) is 0 Å². The SMILES string of the molecule is Cc1ccc(COc2ccc(CNc3cc(C)ccc3C)cc2Cl)cc1. The number of hydrogen-bond donors (Lipinski definition) is 1. The molecule has 0 aromatic heterocycles. The van der Waals surface area contributed by atoms with Gasteiger partial charge in [0, 0.05) is 12.2 Å². The molecule has 0 aliphatic rings. The largest absolute Gasteiger partial charge is 0.487 e. The molecule has 0 fully saturated rings. The van der Waals surface area contributed by atoms with Crippen LogP contribution in [0.3, 0.4) is 0 Å². The highest BCUT2D eigenvalue weighted by Gasteiger charge is 2.05. The van der Waals surface area contributed by atoms with Crippen molar-refractivity contribution in [3.63, 3.8) is 0 Å². The lowest BCUT2D eigenvalue weighted by Crippen LogP contribution is -2.02. The molecule has 0 heterocycles. The van der Waals surface area contributed by atoms with Gasteiger partial charge in [-0.2, -0.15) is 0 Å². The Morgan fingerprint density at radius 3 is 2.23 bits per heavy atom. The lowest BCUT2D eigenvalue weighted by Gasteiger charge is -2.13. The van der Waals surface area contributed by atoms with Gasteiger partial charge in [-0.25, -0.2) is 0 Å². The molecule has 0 saturated carbocycles. The van der Waals surface area contributed by atoms with Crippen LogP contribution < -0.4 is 10.1 Å². The van der Waals surface area contributed by atoms with Crippen LogP contribution in [0.1, 0.15) is 27.8 Å². The van der Waals surface area contributed by atoms with E-state index in [0.717, 1.165) is 23.4 Å². The standard InChI is InChI=1S/C23H24ClNO/c1-16-5-8-19(9-6-16)15-26-23-11-10-20(13-21(23)24)14-25-22-12-17(2)4-7-18(22)3/h4-13,25H,14-15H2,1-3H3. The van der Waals surface area contributed by atoms with Crippen LogP contribution in [-0.4, -0.2) is 0 Å². The molecular formula is C23H24ClNO. The van der Waals surface area contributed by atoms with Crippen molar-refractivity contribution < 1.29 is 4.74 Å². The molecule has 0 radical (unpaired) electrons. The maximum absolute atomic E-state index is 6.41. The van der Waals surface area contributed by atoms with Crippen molar-refractivity contribution in [2.45, 2.75) is 33.9 Å². The first-order valence-electron chi connectivity index (χ1n) is 8.79. The fourth-order valence-corrected chi connectivity index (χ4v) is 3.00. The van der Waals surface area contributed by atoms with Crippen molar-refractivity contribution in [1.29, 1.82) is 0 Å². The van der Waals surface area contributed by atoms with Gasteiger partial charge in [0.05, 0.1) is 5.02 Å². The Labute approximate surface area is 160 Å². The topological polar surface area (TPSA) is 21.3 Å². The lowest BCUT2D eigenvalue weighted by molar-refractivity contribution is 0.306. The Morgan fingerprint density at radius 1 is 0.808 bits per heavy atom. The number of aryl methyl sites for hydroxylation is 3. The Morgan fingerprint density at radius 2 is 1.50 bits per heavy atom. The summed E-state index contributed by atoms with van der Waals surface area (Å²) in [4.78, 5) is 0. The summed E-state index contributed by atoms with van der Waals surface area (Å²) in [5.41, 5.74) is 7.13. The number of benzene rings is 3. The van der Waals surface area contributed by atoms with E-state index in [2.05, 4.69) is 74.6 Å². The van der Waals surface area contributed by atoms with Crippen LogP contribution in [0, 0.1) is 20.8 Å². The zero-order chi connectivity index (χ0) is 18.5. The van der Waals surface area contributed by atoms with E-state index in [-0.39, 0.29) is 0 Å². The molecule has 3 aromatic rings. The molecule has 1 N–H and O–H groups in total. The maximum atomic E-state index is 6.41. The summed E-state index contributed by atoms with van der Waals surface area (Å²) in [6, 6.07) is 20.7. The van der Waals surface area contributed by atoms with Gasteiger partial charge in [-0.15, -0.1) is 0 Å². The van der Waals surface area contributed by atoms with Crippen LogP contribution in [0.15, 0.2) is 60.7 Å². The lowest BCUT2D eigenvalue weighted by atomic mass is 10.1. The summed E-state index contributed by atoms with van der Waals surface area (Å²) < 4.78 is 5.86. The number of nitrogens with one attached hydrogen (secondary N) is 1. The van der Waals surface area contributed by atoms with Crippen LogP contribution in [-0.2, 0) is 13.2 Å². The van der Waals surface area contributed by atoms with E-state index < -0.39 is 0 Å². The third-order valence-electron chi connectivity index (χ3n) is 4.39. The second-order valence-electron chi connectivity index (χ2n) is 6.71. The Hall–Kier alpha value is -2.45. The summed E-state index contributed by atoms with van der Waals surface area (Å²) in [7, 11) is 0. The molecule has 0 spiro atoms. The fourth-order valence-electron chi connectivity index (χ4n) is 2.74. The quantitative estimate of drug-likeness (QED) is 0.541. The first kappa shape index (κ1) is 18.3. The molecule has 2 nitrogen and oxygen atoms in total. The number of ether oxygens (including phenoxy) is 1. The van der Waals surface area contributed by atoms with Gasteiger partial charge in [-0.3, -0.25) is 0 Å². The number of hydrogen-bond acceptors (Lipinski definition) is 2. The van der Waals surface area contributed by atoms with Gasteiger partial charge in [0.25, 0.3) is 0 Å². The Balaban J connectivity index is 1.61. The molecule has 134 valence electrons. The molecular weight excluding hydrogens is 342 g/mol. The van der Waals surface area contributed by atoms with Crippen molar-refractivity contribution in [1.82, 2.24) is 0 Å². The minimum absolute atomic E-state index is 0.514. The summed E-state index contributed by atoms with van der Waals surface area (Å²) in [5.74, 6) is 0.711. The normalized spacial score (nSPS) is 10.6. The van der Waals surface area contributed by atoms with Crippen LogP contribution in [0.4, 0.5) is 5.69 Å². The minimum atomic E-state index is 0.514. The van der Waals surface area contributed by atoms with Crippen molar-refractivity contribution in [3.05, 3.63) is 93.5 Å². The first-order chi connectivity index (χ1) is 12.5. The highest BCUT2D eigenvalue weighted by molar-refractivity contribution is 6.32. The third-order valence-corrected chi connectivity index (χ3v) is 4.68. The predicted octanol–water partition coefficient (Wildman–Crippen LogP) is 6.46. The van der Waals surface area contributed by atoms with Crippen molar-refractivity contribution in [3.8, 4) is 5.75 Å². The Bertz CT molecular complexity index is 887. The number of rotatable bonds is 6. The van der Waals surface area contributed by atoms with Crippen molar-refractivity contribution in [2.75, 3.05) is 5.32 Å². The minimum Gasteiger partial charge on any atom is -0.487 e. The van der Waals surface area contributed by atoms with Crippen LogP contribution >= 0.6 is 11.6 Å². The second kappa shape index (κ2) is 8.29.